The Morgan fingerprint density at radius 2 is 1.74 bits per heavy atom. The lowest BCUT2D eigenvalue weighted by atomic mass is 10.2. The average molecular weight is 490 g/mol. The molecule has 0 aromatic heterocycles. The predicted molar refractivity (Wildman–Crippen MR) is 134 cm³/mol. The van der Waals surface area contributed by atoms with E-state index >= 15 is 0 Å². The summed E-state index contributed by atoms with van der Waals surface area (Å²) < 4.78 is 38.8. The first-order valence-corrected chi connectivity index (χ1v) is 13.0. The highest BCUT2D eigenvalue weighted by Gasteiger charge is 2.27. The Bertz CT molecular complexity index is 1080. The first-order chi connectivity index (χ1) is 16.1. The van der Waals surface area contributed by atoms with Crippen LogP contribution in [0, 0.1) is 6.92 Å². The van der Waals surface area contributed by atoms with Gasteiger partial charge in [-0.3, -0.25) is 4.79 Å². The number of carbonyl (C=O) groups excluding carboxylic acids is 1. The van der Waals surface area contributed by atoms with E-state index in [-0.39, 0.29) is 29.5 Å². The van der Waals surface area contributed by atoms with Crippen molar-refractivity contribution in [3.05, 3.63) is 48.0 Å². The van der Waals surface area contributed by atoms with E-state index < -0.39 is 10.0 Å². The van der Waals surface area contributed by atoms with Crippen LogP contribution in [0.25, 0.3) is 0 Å². The maximum absolute atomic E-state index is 13.1. The van der Waals surface area contributed by atoms with E-state index in [2.05, 4.69) is 5.32 Å². The minimum atomic E-state index is -3.71. The van der Waals surface area contributed by atoms with Crippen LogP contribution in [-0.4, -0.2) is 63.6 Å². The molecule has 3 rings (SSSR count). The van der Waals surface area contributed by atoms with Gasteiger partial charge in [0.15, 0.2) is 0 Å². The van der Waals surface area contributed by atoms with Crippen LogP contribution in [0.2, 0.25) is 0 Å². The fourth-order valence-corrected chi connectivity index (χ4v) is 5.15. The standard InChI is InChI=1S/C25H35N3O5S/c1-18(2)28(21-8-6-20(5)7-9-21)17-25(29)26-23-16-22(10-11-24(23)33-19(3)4)34(30,31)27-12-14-32-15-13-27/h6-11,16,18-19H,12-15,17H2,1-5H3,(H,26,29). The van der Waals surface area contributed by atoms with Gasteiger partial charge in [0, 0.05) is 24.8 Å². The maximum atomic E-state index is 13.1. The summed E-state index contributed by atoms with van der Waals surface area (Å²) >= 11 is 0. The summed E-state index contributed by atoms with van der Waals surface area (Å²) in [6.45, 7) is 11.3. The van der Waals surface area contributed by atoms with Gasteiger partial charge in [-0.1, -0.05) is 17.7 Å². The number of aryl methyl sites for hydroxylation is 1. The van der Waals surface area contributed by atoms with Crippen molar-refractivity contribution in [1.82, 2.24) is 4.31 Å². The molecule has 0 bridgehead atoms. The molecule has 0 aliphatic carbocycles. The molecule has 2 aromatic rings. The number of sulfonamides is 1. The van der Waals surface area contributed by atoms with Crippen LogP contribution < -0.4 is 15.0 Å². The number of anilines is 2. The molecule has 1 saturated heterocycles. The van der Waals surface area contributed by atoms with Crippen molar-refractivity contribution < 1.29 is 22.7 Å². The molecule has 0 atom stereocenters. The van der Waals surface area contributed by atoms with Gasteiger partial charge in [0.05, 0.1) is 36.4 Å². The zero-order valence-corrected chi connectivity index (χ0v) is 21.4. The molecule has 34 heavy (non-hydrogen) atoms. The highest BCUT2D eigenvalue weighted by atomic mass is 32.2. The molecule has 2 aromatic carbocycles. The number of nitrogens with one attached hydrogen (secondary N) is 1. The van der Waals surface area contributed by atoms with Gasteiger partial charge in [-0.15, -0.1) is 0 Å². The summed E-state index contributed by atoms with van der Waals surface area (Å²) in [6.07, 6.45) is -0.142. The van der Waals surface area contributed by atoms with Gasteiger partial charge in [0.1, 0.15) is 5.75 Å². The maximum Gasteiger partial charge on any atom is 0.244 e. The normalized spacial score (nSPS) is 14.9. The number of hydrogen-bond acceptors (Lipinski definition) is 6. The molecular weight excluding hydrogens is 454 g/mol. The Balaban J connectivity index is 1.86. The minimum Gasteiger partial charge on any atom is -0.489 e. The molecule has 0 spiro atoms. The van der Waals surface area contributed by atoms with Crippen LogP contribution in [0.15, 0.2) is 47.4 Å². The second-order valence-electron chi connectivity index (χ2n) is 8.95. The zero-order chi connectivity index (χ0) is 24.9. The largest absolute Gasteiger partial charge is 0.489 e. The Labute approximate surface area is 202 Å². The molecule has 1 amide bonds. The topological polar surface area (TPSA) is 88.2 Å². The van der Waals surface area contributed by atoms with E-state index in [0.29, 0.717) is 37.7 Å². The van der Waals surface area contributed by atoms with Crippen LogP contribution in [0.4, 0.5) is 11.4 Å². The summed E-state index contributed by atoms with van der Waals surface area (Å²) in [5, 5.41) is 2.88. The number of nitrogens with zero attached hydrogens (tertiary/aromatic N) is 2. The third-order valence-electron chi connectivity index (χ3n) is 5.50. The van der Waals surface area contributed by atoms with E-state index in [1.807, 2.05) is 63.8 Å². The number of amides is 1. The van der Waals surface area contributed by atoms with Gasteiger partial charge in [0.2, 0.25) is 15.9 Å². The third kappa shape index (κ3) is 6.49. The van der Waals surface area contributed by atoms with Crippen molar-refractivity contribution in [2.45, 2.75) is 51.7 Å². The number of benzene rings is 2. The highest BCUT2D eigenvalue weighted by molar-refractivity contribution is 7.89. The lowest BCUT2D eigenvalue weighted by Gasteiger charge is -2.29. The van der Waals surface area contributed by atoms with Gasteiger partial charge >= 0.3 is 0 Å². The van der Waals surface area contributed by atoms with Crippen LogP contribution >= 0.6 is 0 Å². The van der Waals surface area contributed by atoms with Crippen molar-refractivity contribution in [3.63, 3.8) is 0 Å². The fraction of sp³-hybridized carbons (Fsp3) is 0.480. The molecule has 186 valence electrons. The Kier molecular flexibility index (Phi) is 8.57. The molecule has 0 saturated carbocycles. The highest BCUT2D eigenvalue weighted by Crippen LogP contribution is 2.30. The molecule has 1 aliphatic heterocycles. The lowest BCUT2D eigenvalue weighted by Crippen LogP contribution is -2.40. The summed E-state index contributed by atoms with van der Waals surface area (Å²) in [6, 6.07) is 12.7. The number of ether oxygens (including phenoxy) is 2. The van der Waals surface area contributed by atoms with E-state index in [1.54, 1.807) is 6.07 Å². The van der Waals surface area contributed by atoms with Crippen LogP contribution in [-0.2, 0) is 19.6 Å². The summed E-state index contributed by atoms with van der Waals surface area (Å²) in [5.74, 6) is 0.166. The molecule has 0 unspecified atom stereocenters. The molecule has 1 fully saturated rings. The molecule has 1 heterocycles. The minimum absolute atomic E-state index is 0.0906. The third-order valence-corrected chi connectivity index (χ3v) is 7.39. The number of carbonyl (C=O) groups is 1. The monoisotopic (exact) mass is 489 g/mol. The summed E-state index contributed by atoms with van der Waals surface area (Å²) in [7, 11) is -3.71. The van der Waals surface area contributed by atoms with E-state index in [9.17, 15) is 13.2 Å². The first kappa shape index (κ1) is 26.0. The molecule has 1 N–H and O–H groups in total. The molecule has 0 radical (unpaired) electrons. The Morgan fingerprint density at radius 3 is 2.32 bits per heavy atom. The molecule has 8 nitrogen and oxygen atoms in total. The lowest BCUT2D eigenvalue weighted by molar-refractivity contribution is -0.115. The number of rotatable bonds is 9. The van der Waals surface area contributed by atoms with Crippen molar-refractivity contribution in [2.75, 3.05) is 43.1 Å². The van der Waals surface area contributed by atoms with Crippen LogP contribution in [0.5, 0.6) is 5.75 Å². The Morgan fingerprint density at radius 1 is 1.09 bits per heavy atom. The van der Waals surface area contributed by atoms with Gasteiger partial charge in [-0.05, 0) is 65.0 Å². The second-order valence-corrected chi connectivity index (χ2v) is 10.9. The van der Waals surface area contributed by atoms with E-state index in [1.165, 1.54) is 16.4 Å². The van der Waals surface area contributed by atoms with Crippen molar-refractivity contribution in [2.24, 2.45) is 0 Å². The first-order valence-electron chi connectivity index (χ1n) is 11.6. The van der Waals surface area contributed by atoms with Crippen LogP contribution in [0.1, 0.15) is 33.3 Å². The van der Waals surface area contributed by atoms with Crippen LogP contribution in [0.3, 0.4) is 0 Å². The summed E-state index contributed by atoms with van der Waals surface area (Å²) in [4.78, 5) is 15.2. The van der Waals surface area contributed by atoms with Crippen molar-refractivity contribution >= 4 is 27.3 Å². The van der Waals surface area contributed by atoms with Gasteiger partial charge in [-0.2, -0.15) is 4.31 Å². The van der Waals surface area contributed by atoms with Crippen molar-refractivity contribution in [3.8, 4) is 5.75 Å². The zero-order valence-electron chi connectivity index (χ0n) is 20.6. The molecule has 1 aliphatic rings. The fourth-order valence-electron chi connectivity index (χ4n) is 3.71. The molecule has 9 heteroatoms. The number of hydrogen-bond donors (Lipinski definition) is 1. The van der Waals surface area contributed by atoms with Gasteiger partial charge < -0.3 is 19.7 Å². The van der Waals surface area contributed by atoms with Crippen molar-refractivity contribution in [1.29, 1.82) is 0 Å². The SMILES string of the molecule is Cc1ccc(N(CC(=O)Nc2cc(S(=O)(=O)N3CCOCC3)ccc2OC(C)C)C(C)C)cc1. The second kappa shape index (κ2) is 11.2. The smallest absolute Gasteiger partial charge is 0.244 e. The number of morpholine rings is 1. The quantitative estimate of drug-likeness (QED) is 0.578. The van der Waals surface area contributed by atoms with Gasteiger partial charge in [0.25, 0.3) is 0 Å². The summed E-state index contributed by atoms with van der Waals surface area (Å²) in [5.41, 5.74) is 2.42. The average Bonchev–Trinajstić information content (AvgIpc) is 2.79. The molecular formula is C25H35N3O5S. The Hall–Kier alpha value is -2.62. The van der Waals surface area contributed by atoms with E-state index in [4.69, 9.17) is 9.47 Å². The predicted octanol–water partition coefficient (Wildman–Crippen LogP) is 3.66. The van der Waals surface area contributed by atoms with E-state index in [0.717, 1.165) is 11.3 Å². The van der Waals surface area contributed by atoms with Gasteiger partial charge in [-0.25, -0.2) is 8.42 Å².